The standard InChI is InChI=1S/C23H22ClN5O/c24-19-5-3-4-18(14-19)15-28(20-10-8-17(9-11-20)12-13-25)23(30)16-29-22-7-2-1-6-21(22)26-27-29/h1-11,14H,12-13,15-16,25H2. The summed E-state index contributed by atoms with van der Waals surface area (Å²) in [6.45, 7) is 1.08. The van der Waals surface area contributed by atoms with E-state index in [1.807, 2.05) is 72.8 Å². The molecule has 3 aromatic carbocycles. The van der Waals surface area contributed by atoms with E-state index in [2.05, 4.69) is 10.3 Å². The van der Waals surface area contributed by atoms with Crippen LogP contribution in [0.2, 0.25) is 5.02 Å². The molecule has 0 fully saturated rings. The van der Waals surface area contributed by atoms with Gasteiger partial charge in [0.05, 0.1) is 12.1 Å². The maximum absolute atomic E-state index is 13.3. The maximum Gasteiger partial charge on any atom is 0.249 e. The highest BCUT2D eigenvalue weighted by Gasteiger charge is 2.19. The Morgan fingerprint density at radius 2 is 1.80 bits per heavy atom. The van der Waals surface area contributed by atoms with Crippen LogP contribution < -0.4 is 10.6 Å². The molecule has 0 aliphatic rings. The van der Waals surface area contributed by atoms with Gasteiger partial charge in [0.1, 0.15) is 12.1 Å². The van der Waals surface area contributed by atoms with E-state index in [0.29, 0.717) is 18.1 Å². The van der Waals surface area contributed by atoms with Crippen LogP contribution in [-0.4, -0.2) is 27.4 Å². The van der Waals surface area contributed by atoms with E-state index in [4.69, 9.17) is 17.3 Å². The molecule has 0 bridgehead atoms. The average Bonchev–Trinajstić information content (AvgIpc) is 3.16. The van der Waals surface area contributed by atoms with Gasteiger partial charge in [-0.05, 0) is 60.5 Å². The van der Waals surface area contributed by atoms with Crippen molar-refractivity contribution < 1.29 is 4.79 Å². The minimum absolute atomic E-state index is 0.0859. The normalized spacial score (nSPS) is 11.0. The molecule has 4 aromatic rings. The second-order valence-corrected chi connectivity index (χ2v) is 7.49. The molecule has 0 saturated heterocycles. The number of nitrogens with zero attached hydrogens (tertiary/aromatic N) is 4. The zero-order valence-corrected chi connectivity index (χ0v) is 17.2. The molecule has 0 atom stereocenters. The number of rotatable bonds is 7. The number of aromatic nitrogens is 3. The van der Waals surface area contributed by atoms with Gasteiger partial charge in [-0.2, -0.15) is 0 Å². The molecular weight excluding hydrogens is 398 g/mol. The average molecular weight is 420 g/mol. The number of amides is 1. The lowest BCUT2D eigenvalue weighted by Gasteiger charge is -2.23. The first-order valence-electron chi connectivity index (χ1n) is 9.76. The van der Waals surface area contributed by atoms with E-state index in [0.717, 1.165) is 34.3 Å². The Labute approximate surface area is 179 Å². The van der Waals surface area contributed by atoms with Crippen molar-refractivity contribution in [2.45, 2.75) is 19.5 Å². The zero-order valence-electron chi connectivity index (χ0n) is 16.4. The fraction of sp³-hybridized carbons (Fsp3) is 0.174. The fourth-order valence-electron chi connectivity index (χ4n) is 3.40. The Hall–Kier alpha value is -3.22. The Balaban J connectivity index is 1.63. The molecule has 2 N–H and O–H groups in total. The summed E-state index contributed by atoms with van der Waals surface area (Å²) in [6, 6.07) is 23.0. The Bertz CT molecular complexity index is 1160. The van der Waals surface area contributed by atoms with E-state index < -0.39 is 0 Å². The molecule has 7 heteroatoms. The number of carbonyl (C=O) groups excluding carboxylic acids is 1. The van der Waals surface area contributed by atoms with Crippen LogP contribution in [-0.2, 0) is 24.3 Å². The molecule has 1 heterocycles. The fourth-order valence-corrected chi connectivity index (χ4v) is 3.61. The van der Waals surface area contributed by atoms with Gasteiger partial charge in [0, 0.05) is 10.7 Å². The van der Waals surface area contributed by atoms with Gasteiger partial charge in [-0.25, -0.2) is 4.68 Å². The van der Waals surface area contributed by atoms with Crippen LogP contribution >= 0.6 is 11.6 Å². The van der Waals surface area contributed by atoms with Crippen molar-refractivity contribution in [1.29, 1.82) is 0 Å². The minimum Gasteiger partial charge on any atom is -0.330 e. The number of halogens is 1. The van der Waals surface area contributed by atoms with Crippen LogP contribution in [0.5, 0.6) is 0 Å². The van der Waals surface area contributed by atoms with E-state index in [1.54, 1.807) is 9.58 Å². The van der Waals surface area contributed by atoms with Crippen LogP contribution in [0, 0.1) is 0 Å². The van der Waals surface area contributed by atoms with Gasteiger partial charge in [-0.1, -0.05) is 53.2 Å². The Morgan fingerprint density at radius 1 is 1.00 bits per heavy atom. The van der Waals surface area contributed by atoms with Gasteiger partial charge in [0.25, 0.3) is 0 Å². The summed E-state index contributed by atoms with van der Waals surface area (Å²) in [4.78, 5) is 15.1. The monoisotopic (exact) mass is 419 g/mol. The number of fused-ring (bicyclic) bond motifs is 1. The van der Waals surface area contributed by atoms with Crippen molar-refractivity contribution in [3.63, 3.8) is 0 Å². The summed E-state index contributed by atoms with van der Waals surface area (Å²) in [5.41, 5.74) is 10.1. The first-order chi connectivity index (χ1) is 14.6. The summed E-state index contributed by atoms with van der Waals surface area (Å²) in [5, 5.41) is 8.94. The van der Waals surface area contributed by atoms with Gasteiger partial charge in [-0.15, -0.1) is 5.10 Å². The molecule has 1 amide bonds. The highest BCUT2D eigenvalue weighted by atomic mass is 35.5. The summed E-state index contributed by atoms with van der Waals surface area (Å²) in [6.07, 6.45) is 0.799. The van der Waals surface area contributed by atoms with Crippen LogP contribution in [0.1, 0.15) is 11.1 Å². The third-order valence-electron chi connectivity index (χ3n) is 4.92. The van der Waals surface area contributed by atoms with Crippen molar-refractivity contribution >= 4 is 34.2 Å². The summed E-state index contributed by atoms with van der Waals surface area (Å²) < 4.78 is 1.63. The predicted molar refractivity (Wildman–Crippen MR) is 119 cm³/mol. The second kappa shape index (κ2) is 9.07. The molecule has 0 spiro atoms. The number of para-hydroxylation sites is 1. The van der Waals surface area contributed by atoms with Gasteiger partial charge in [0.15, 0.2) is 0 Å². The van der Waals surface area contributed by atoms with Crippen molar-refractivity contribution in [3.05, 3.63) is 88.9 Å². The van der Waals surface area contributed by atoms with Crippen molar-refractivity contribution in [2.24, 2.45) is 5.73 Å². The molecule has 30 heavy (non-hydrogen) atoms. The van der Waals surface area contributed by atoms with E-state index >= 15 is 0 Å². The van der Waals surface area contributed by atoms with Gasteiger partial charge < -0.3 is 10.6 Å². The second-order valence-electron chi connectivity index (χ2n) is 7.05. The van der Waals surface area contributed by atoms with E-state index in [1.165, 1.54) is 0 Å². The number of nitrogens with two attached hydrogens (primary N) is 1. The molecule has 6 nitrogen and oxygen atoms in total. The zero-order chi connectivity index (χ0) is 20.9. The SMILES string of the molecule is NCCc1ccc(N(Cc2cccc(Cl)c2)C(=O)Cn2nnc3ccccc32)cc1. The lowest BCUT2D eigenvalue weighted by atomic mass is 10.1. The Kier molecular flexibility index (Phi) is 6.07. The number of hydrogen-bond donors (Lipinski definition) is 1. The third kappa shape index (κ3) is 4.50. The topological polar surface area (TPSA) is 77.0 Å². The smallest absolute Gasteiger partial charge is 0.249 e. The van der Waals surface area contributed by atoms with Crippen LogP contribution in [0.4, 0.5) is 5.69 Å². The molecule has 0 unspecified atom stereocenters. The quantitative estimate of drug-likeness (QED) is 0.494. The number of hydrogen-bond acceptors (Lipinski definition) is 4. The molecule has 0 aliphatic heterocycles. The molecule has 0 saturated carbocycles. The largest absolute Gasteiger partial charge is 0.330 e. The lowest BCUT2D eigenvalue weighted by Crippen LogP contribution is -2.33. The molecule has 1 aromatic heterocycles. The molecule has 152 valence electrons. The highest BCUT2D eigenvalue weighted by Crippen LogP contribution is 2.21. The van der Waals surface area contributed by atoms with Crippen LogP contribution in [0.3, 0.4) is 0 Å². The van der Waals surface area contributed by atoms with Crippen molar-refractivity contribution in [3.8, 4) is 0 Å². The van der Waals surface area contributed by atoms with Gasteiger partial charge in [-0.3, -0.25) is 4.79 Å². The third-order valence-corrected chi connectivity index (χ3v) is 5.15. The van der Waals surface area contributed by atoms with Crippen LogP contribution in [0.15, 0.2) is 72.8 Å². The highest BCUT2D eigenvalue weighted by molar-refractivity contribution is 6.30. The first kappa shape index (κ1) is 20.1. The summed E-state index contributed by atoms with van der Waals surface area (Å²) in [5.74, 6) is -0.0859. The van der Waals surface area contributed by atoms with Crippen molar-refractivity contribution in [1.82, 2.24) is 15.0 Å². The number of benzene rings is 3. The molecular formula is C23H22ClN5O. The molecule has 0 radical (unpaired) electrons. The van der Waals surface area contributed by atoms with Gasteiger partial charge in [0.2, 0.25) is 5.91 Å². The predicted octanol–water partition coefficient (Wildman–Crippen LogP) is 3.82. The minimum atomic E-state index is -0.0859. The van der Waals surface area contributed by atoms with Crippen molar-refractivity contribution in [2.75, 3.05) is 11.4 Å². The summed E-state index contributed by atoms with van der Waals surface area (Å²) >= 11 is 6.15. The number of anilines is 1. The molecule has 0 aliphatic carbocycles. The lowest BCUT2D eigenvalue weighted by molar-refractivity contribution is -0.119. The summed E-state index contributed by atoms with van der Waals surface area (Å²) in [7, 11) is 0. The number of carbonyl (C=O) groups is 1. The van der Waals surface area contributed by atoms with Gasteiger partial charge >= 0.3 is 0 Å². The van der Waals surface area contributed by atoms with Crippen LogP contribution in [0.25, 0.3) is 11.0 Å². The molecule has 4 rings (SSSR count). The Morgan fingerprint density at radius 3 is 2.57 bits per heavy atom. The van der Waals surface area contributed by atoms with E-state index in [9.17, 15) is 4.79 Å². The maximum atomic E-state index is 13.3. The first-order valence-corrected chi connectivity index (χ1v) is 10.1. The van der Waals surface area contributed by atoms with E-state index in [-0.39, 0.29) is 12.5 Å².